The molecule has 4 fully saturated rings. The summed E-state index contributed by atoms with van der Waals surface area (Å²) in [5.41, 5.74) is 11.8. The van der Waals surface area contributed by atoms with Gasteiger partial charge in [-0.3, -0.25) is 24.6 Å². The average molecular weight is 852 g/mol. The van der Waals surface area contributed by atoms with Crippen LogP contribution in [0.25, 0.3) is 22.3 Å². The van der Waals surface area contributed by atoms with Crippen molar-refractivity contribution in [3.8, 4) is 22.8 Å². The van der Waals surface area contributed by atoms with Gasteiger partial charge in [0.2, 0.25) is 11.8 Å². The standard InChI is InChI=1S/C48H57N11O4/c49-45-43-44(34-7-10-39(11-8-34)63-38-5-2-1-3-6-38)53-59(46(43)51-32-50-45)36-17-23-56(24-18-36)30-33-15-21-54(22-16-33)19-4-20-55-25-27-57(28-26-55)37-9-12-40-35(29-37)31-58(48(40)62)41-13-14-42(60)52-47(41)61/h1-3,5-12,29,32-33,36,41H,4,13-28,30-31H2,(H2,49,50,51)(H,52,60,61). The first-order valence-corrected chi connectivity index (χ1v) is 22.8. The summed E-state index contributed by atoms with van der Waals surface area (Å²) in [6, 6.07) is 23.5. The van der Waals surface area contributed by atoms with Crippen LogP contribution < -0.4 is 20.7 Å². The lowest BCUT2D eigenvalue weighted by atomic mass is 9.94. The number of piperazine rings is 1. The third-order valence-electron chi connectivity index (χ3n) is 13.9. The molecule has 10 rings (SSSR count). The summed E-state index contributed by atoms with van der Waals surface area (Å²) in [4.78, 5) is 58.2. The topological polar surface area (TPSA) is 158 Å². The molecule has 0 saturated carbocycles. The zero-order valence-corrected chi connectivity index (χ0v) is 35.9. The number of carbonyl (C=O) groups is 3. The maximum Gasteiger partial charge on any atom is 0.255 e. The van der Waals surface area contributed by atoms with E-state index in [4.69, 9.17) is 15.6 Å². The normalized spacial score (nSPS) is 21.0. The quantitative estimate of drug-likeness (QED) is 0.159. The first kappa shape index (κ1) is 41.1. The van der Waals surface area contributed by atoms with Crippen LogP contribution >= 0.6 is 0 Å². The molecule has 2 aromatic heterocycles. The number of piperidine rings is 3. The molecule has 5 aliphatic heterocycles. The van der Waals surface area contributed by atoms with Crippen molar-refractivity contribution in [2.24, 2.45) is 5.92 Å². The highest BCUT2D eigenvalue weighted by Crippen LogP contribution is 2.36. The molecule has 4 saturated heterocycles. The molecule has 7 heterocycles. The Hall–Kier alpha value is -5.90. The molecule has 0 aliphatic carbocycles. The van der Waals surface area contributed by atoms with E-state index in [1.807, 2.05) is 66.7 Å². The van der Waals surface area contributed by atoms with Crippen molar-refractivity contribution < 1.29 is 19.1 Å². The van der Waals surface area contributed by atoms with Crippen LogP contribution in [0.1, 0.15) is 66.9 Å². The molecule has 3 amide bonds. The molecular formula is C48H57N11O4. The summed E-state index contributed by atoms with van der Waals surface area (Å²) in [5.74, 6) is 1.99. The van der Waals surface area contributed by atoms with E-state index in [0.717, 1.165) is 116 Å². The van der Waals surface area contributed by atoms with Gasteiger partial charge in [-0.2, -0.15) is 5.10 Å². The SMILES string of the molecule is Nc1ncnc2c1c(-c1ccc(Oc3ccccc3)cc1)nn2C1CCN(CC2CCN(CCCN3CCN(c4ccc5c(c4)CN(C4CCC(=O)NC4=O)C5=O)CC3)CC2)CC1. The van der Waals surface area contributed by atoms with Crippen LogP contribution in [-0.4, -0.2) is 135 Å². The highest BCUT2D eigenvalue weighted by Gasteiger charge is 2.39. The molecule has 1 atom stereocenters. The number of anilines is 2. The van der Waals surface area contributed by atoms with Gasteiger partial charge in [-0.15, -0.1) is 0 Å². The van der Waals surface area contributed by atoms with Crippen molar-refractivity contribution in [1.29, 1.82) is 0 Å². The fourth-order valence-corrected chi connectivity index (χ4v) is 10.4. The molecule has 15 nitrogen and oxygen atoms in total. The zero-order valence-electron chi connectivity index (χ0n) is 35.9. The predicted octanol–water partition coefficient (Wildman–Crippen LogP) is 5.19. The van der Waals surface area contributed by atoms with Crippen molar-refractivity contribution in [2.45, 2.75) is 63.6 Å². The summed E-state index contributed by atoms with van der Waals surface area (Å²) >= 11 is 0. The fourth-order valence-electron chi connectivity index (χ4n) is 10.4. The number of likely N-dealkylation sites (tertiary alicyclic amines) is 2. The van der Waals surface area contributed by atoms with Gasteiger partial charge in [-0.25, -0.2) is 14.6 Å². The van der Waals surface area contributed by atoms with Crippen LogP contribution in [0.3, 0.4) is 0 Å². The number of aromatic nitrogens is 4. The van der Waals surface area contributed by atoms with Gasteiger partial charge in [0.25, 0.3) is 5.91 Å². The molecule has 3 aromatic carbocycles. The van der Waals surface area contributed by atoms with E-state index in [9.17, 15) is 14.4 Å². The summed E-state index contributed by atoms with van der Waals surface area (Å²) in [6.07, 6.45) is 7.94. The van der Waals surface area contributed by atoms with Crippen LogP contribution in [0, 0.1) is 5.92 Å². The van der Waals surface area contributed by atoms with Crippen molar-refractivity contribution in [1.82, 2.24) is 44.7 Å². The Morgan fingerprint density at radius 3 is 2.21 bits per heavy atom. The number of hydrogen-bond donors (Lipinski definition) is 2. The monoisotopic (exact) mass is 851 g/mol. The minimum Gasteiger partial charge on any atom is -0.457 e. The highest BCUT2D eigenvalue weighted by molar-refractivity contribution is 6.05. The Morgan fingerprint density at radius 1 is 0.746 bits per heavy atom. The Balaban J connectivity index is 0.646. The number of nitrogens with one attached hydrogen (secondary N) is 1. The minimum absolute atomic E-state index is 0.121. The molecule has 5 aromatic rings. The fraction of sp³-hybridized carbons (Fsp3) is 0.458. The summed E-state index contributed by atoms with van der Waals surface area (Å²) < 4.78 is 8.13. The number of fused-ring (bicyclic) bond motifs is 2. The van der Waals surface area contributed by atoms with Gasteiger partial charge in [0.15, 0.2) is 5.65 Å². The van der Waals surface area contributed by atoms with Gasteiger partial charge in [0.1, 0.15) is 35.4 Å². The Morgan fingerprint density at radius 2 is 1.46 bits per heavy atom. The smallest absolute Gasteiger partial charge is 0.255 e. The van der Waals surface area contributed by atoms with E-state index in [-0.39, 0.29) is 30.2 Å². The maximum atomic E-state index is 13.1. The number of nitrogens with two attached hydrogens (primary N) is 1. The van der Waals surface area contributed by atoms with Gasteiger partial charge >= 0.3 is 0 Å². The van der Waals surface area contributed by atoms with Gasteiger partial charge in [0.05, 0.1) is 11.4 Å². The molecular weight excluding hydrogens is 795 g/mol. The van der Waals surface area contributed by atoms with Crippen molar-refractivity contribution >= 4 is 40.3 Å². The summed E-state index contributed by atoms with van der Waals surface area (Å²) in [7, 11) is 0. The van der Waals surface area contributed by atoms with E-state index in [1.54, 1.807) is 11.2 Å². The number of rotatable bonds is 12. The lowest BCUT2D eigenvalue weighted by Crippen LogP contribution is -2.52. The number of amides is 3. The minimum atomic E-state index is -0.586. The van der Waals surface area contributed by atoms with Gasteiger partial charge in [-0.1, -0.05) is 18.2 Å². The second kappa shape index (κ2) is 18.1. The van der Waals surface area contributed by atoms with E-state index in [2.05, 4.69) is 45.6 Å². The Kier molecular flexibility index (Phi) is 11.8. The first-order valence-electron chi connectivity index (χ1n) is 22.8. The number of hydrogen-bond acceptors (Lipinski definition) is 12. The first-order chi connectivity index (χ1) is 30.8. The number of nitrogen functional groups attached to an aromatic ring is 1. The lowest BCUT2D eigenvalue weighted by Gasteiger charge is -2.38. The van der Waals surface area contributed by atoms with Crippen LogP contribution in [-0.2, 0) is 16.1 Å². The Bertz CT molecular complexity index is 2440. The average Bonchev–Trinajstić information content (AvgIpc) is 3.86. The second-order valence-corrected chi connectivity index (χ2v) is 17.9. The van der Waals surface area contributed by atoms with E-state index in [0.29, 0.717) is 24.3 Å². The van der Waals surface area contributed by atoms with Crippen LogP contribution in [0.4, 0.5) is 11.5 Å². The molecule has 15 heteroatoms. The summed E-state index contributed by atoms with van der Waals surface area (Å²) in [6.45, 7) is 12.3. The van der Waals surface area contributed by atoms with Gasteiger partial charge in [0, 0.05) is 75.6 Å². The number of imide groups is 1. The predicted molar refractivity (Wildman–Crippen MR) is 241 cm³/mol. The van der Waals surface area contributed by atoms with Crippen LogP contribution in [0.2, 0.25) is 0 Å². The van der Waals surface area contributed by atoms with Crippen molar-refractivity contribution in [2.75, 3.05) is 82.6 Å². The molecule has 0 radical (unpaired) electrons. The number of nitrogens with zero attached hydrogens (tertiary/aromatic N) is 9. The molecule has 3 N–H and O–H groups in total. The lowest BCUT2D eigenvalue weighted by molar-refractivity contribution is -0.136. The molecule has 63 heavy (non-hydrogen) atoms. The number of ether oxygens (including phenoxy) is 1. The number of benzene rings is 3. The van der Waals surface area contributed by atoms with E-state index >= 15 is 0 Å². The number of carbonyl (C=O) groups excluding carboxylic acids is 3. The molecule has 0 bridgehead atoms. The highest BCUT2D eigenvalue weighted by atomic mass is 16.5. The van der Waals surface area contributed by atoms with Gasteiger partial charge < -0.3 is 30.1 Å². The number of para-hydroxylation sites is 1. The third kappa shape index (κ3) is 8.86. The second-order valence-electron chi connectivity index (χ2n) is 17.9. The van der Waals surface area contributed by atoms with Gasteiger partial charge in [-0.05, 0) is 131 Å². The van der Waals surface area contributed by atoms with E-state index in [1.165, 1.54) is 38.9 Å². The molecule has 328 valence electrons. The van der Waals surface area contributed by atoms with Crippen LogP contribution in [0.15, 0.2) is 79.1 Å². The molecule has 1 unspecified atom stereocenters. The maximum absolute atomic E-state index is 13.1. The molecule has 5 aliphatic rings. The van der Waals surface area contributed by atoms with Crippen molar-refractivity contribution in [3.63, 3.8) is 0 Å². The summed E-state index contributed by atoms with van der Waals surface area (Å²) in [5, 5.41) is 8.34. The van der Waals surface area contributed by atoms with E-state index < -0.39 is 6.04 Å². The molecule has 0 spiro atoms. The third-order valence-corrected chi connectivity index (χ3v) is 13.9. The van der Waals surface area contributed by atoms with Crippen molar-refractivity contribution in [3.05, 3.63) is 90.3 Å². The van der Waals surface area contributed by atoms with Crippen LogP contribution in [0.5, 0.6) is 11.5 Å². The zero-order chi connectivity index (χ0) is 42.9. The Labute approximate surface area is 368 Å². The largest absolute Gasteiger partial charge is 0.457 e.